The molecule has 3 aromatic carbocycles. The highest BCUT2D eigenvalue weighted by molar-refractivity contribution is 6.07. The van der Waals surface area contributed by atoms with Crippen molar-refractivity contribution in [2.45, 2.75) is 13.8 Å². The smallest absolute Gasteiger partial charge is 0.255 e. The van der Waals surface area contributed by atoms with Gasteiger partial charge in [0.1, 0.15) is 11.6 Å². The highest BCUT2D eigenvalue weighted by Gasteiger charge is 2.12. The Labute approximate surface area is 161 Å². The molecule has 0 aromatic heterocycles. The van der Waals surface area contributed by atoms with Crippen LogP contribution in [0, 0.1) is 25.5 Å². The van der Waals surface area contributed by atoms with E-state index in [1.54, 1.807) is 0 Å². The van der Waals surface area contributed by atoms with Gasteiger partial charge in [-0.2, -0.15) is 0 Å². The summed E-state index contributed by atoms with van der Waals surface area (Å²) < 4.78 is 26.6. The van der Waals surface area contributed by atoms with Gasteiger partial charge in [-0.15, -0.1) is 0 Å². The van der Waals surface area contributed by atoms with Gasteiger partial charge >= 0.3 is 0 Å². The van der Waals surface area contributed by atoms with Crippen molar-refractivity contribution in [1.29, 1.82) is 0 Å². The number of aryl methyl sites for hydroxylation is 1. The summed E-state index contributed by atoms with van der Waals surface area (Å²) in [5.41, 5.74) is 3.27. The number of nitrogens with one attached hydrogen (secondary N) is 2. The first-order valence-corrected chi connectivity index (χ1v) is 8.59. The second kappa shape index (κ2) is 8.00. The lowest BCUT2D eigenvalue weighted by molar-refractivity contribution is 0.101. The van der Waals surface area contributed by atoms with E-state index in [2.05, 4.69) is 10.6 Å². The van der Waals surface area contributed by atoms with E-state index >= 15 is 0 Å². The number of hydrogen-bond donors (Lipinski definition) is 2. The number of carbonyl (C=O) groups is 2. The molecule has 6 heteroatoms. The fraction of sp³-hybridized carbons (Fsp3) is 0.0909. The topological polar surface area (TPSA) is 58.2 Å². The molecule has 3 aromatic rings. The van der Waals surface area contributed by atoms with Crippen LogP contribution in [0.4, 0.5) is 20.2 Å². The van der Waals surface area contributed by atoms with Crippen molar-refractivity contribution >= 4 is 23.2 Å². The summed E-state index contributed by atoms with van der Waals surface area (Å²) in [5.74, 6) is -2.45. The van der Waals surface area contributed by atoms with Crippen LogP contribution in [0.15, 0.2) is 60.7 Å². The van der Waals surface area contributed by atoms with Crippen LogP contribution in [-0.2, 0) is 0 Å². The Balaban J connectivity index is 1.71. The van der Waals surface area contributed by atoms with Crippen LogP contribution in [0.25, 0.3) is 0 Å². The zero-order chi connectivity index (χ0) is 20.3. The highest BCUT2D eigenvalue weighted by atomic mass is 19.1. The number of benzene rings is 3. The van der Waals surface area contributed by atoms with Gasteiger partial charge in [-0.1, -0.05) is 12.1 Å². The Morgan fingerprint density at radius 3 is 1.89 bits per heavy atom. The number of rotatable bonds is 4. The van der Waals surface area contributed by atoms with Gasteiger partial charge in [-0.05, 0) is 67.4 Å². The Hall–Kier alpha value is -3.54. The van der Waals surface area contributed by atoms with Gasteiger partial charge < -0.3 is 10.6 Å². The third-order valence-corrected chi connectivity index (χ3v) is 4.44. The molecule has 4 nitrogen and oxygen atoms in total. The molecule has 3 rings (SSSR count). The van der Waals surface area contributed by atoms with Crippen molar-refractivity contribution < 1.29 is 18.4 Å². The quantitative estimate of drug-likeness (QED) is 0.663. The fourth-order valence-electron chi connectivity index (χ4n) is 2.64. The molecular weight excluding hydrogens is 362 g/mol. The maximum atomic E-state index is 13.7. The average Bonchev–Trinajstić information content (AvgIpc) is 2.67. The lowest BCUT2D eigenvalue weighted by Gasteiger charge is -2.11. The van der Waals surface area contributed by atoms with Crippen molar-refractivity contribution in [1.82, 2.24) is 0 Å². The van der Waals surface area contributed by atoms with Crippen LogP contribution in [0.3, 0.4) is 0 Å². The van der Waals surface area contributed by atoms with Gasteiger partial charge in [0.25, 0.3) is 11.8 Å². The number of hydrogen-bond acceptors (Lipinski definition) is 2. The van der Waals surface area contributed by atoms with E-state index in [4.69, 9.17) is 0 Å². The van der Waals surface area contributed by atoms with E-state index in [1.807, 2.05) is 32.0 Å². The normalized spacial score (nSPS) is 10.4. The minimum atomic E-state index is -0.863. The number of halogens is 2. The van der Waals surface area contributed by atoms with Crippen molar-refractivity contribution in [3.8, 4) is 0 Å². The maximum Gasteiger partial charge on any atom is 0.255 e. The van der Waals surface area contributed by atoms with Crippen LogP contribution >= 0.6 is 0 Å². The van der Waals surface area contributed by atoms with Crippen LogP contribution in [0.2, 0.25) is 0 Å². The molecule has 0 atom stereocenters. The summed E-state index contributed by atoms with van der Waals surface area (Å²) in [5, 5.41) is 5.22. The predicted molar refractivity (Wildman–Crippen MR) is 105 cm³/mol. The van der Waals surface area contributed by atoms with Gasteiger partial charge in [-0.25, -0.2) is 8.78 Å². The number of amides is 2. The van der Waals surface area contributed by atoms with E-state index in [-0.39, 0.29) is 17.2 Å². The van der Waals surface area contributed by atoms with E-state index in [0.29, 0.717) is 11.6 Å². The number of carbonyl (C=O) groups excluding carboxylic acids is 2. The molecule has 2 N–H and O–H groups in total. The molecule has 28 heavy (non-hydrogen) atoms. The molecule has 0 saturated heterocycles. The van der Waals surface area contributed by atoms with Gasteiger partial charge in [0, 0.05) is 22.9 Å². The zero-order valence-electron chi connectivity index (χ0n) is 15.3. The first-order chi connectivity index (χ1) is 13.3. The van der Waals surface area contributed by atoms with Gasteiger partial charge in [0.05, 0.1) is 5.69 Å². The van der Waals surface area contributed by atoms with Crippen molar-refractivity contribution in [3.63, 3.8) is 0 Å². The van der Waals surface area contributed by atoms with E-state index in [9.17, 15) is 18.4 Å². The zero-order valence-corrected chi connectivity index (χ0v) is 15.3. The Morgan fingerprint density at radius 2 is 1.32 bits per heavy atom. The van der Waals surface area contributed by atoms with E-state index in [1.165, 1.54) is 24.3 Å². The lowest BCUT2D eigenvalue weighted by atomic mass is 10.1. The first kappa shape index (κ1) is 19.2. The van der Waals surface area contributed by atoms with Crippen molar-refractivity contribution in [2.24, 2.45) is 0 Å². The fourth-order valence-corrected chi connectivity index (χ4v) is 2.64. The standard InChI is InChI=1S/C22H18F2N2O2/c1-13-4-3-5-19(14(13)2)25-21(27)15-6-8-16(9-7-15)22(28)26-20-11-10-17(23)12-18(20)24/h3-12H,1-2H3,(H,25,27)(H,26,28). The van der Waals surface area contributed by atoms with Crippen molar-refractivity contribution in [2.75, 3.05) is 10.6 Å². The highest BCUT2D eigenvalue weighted by Crippen LogP contribution is 2.20. The van der Waals surface area contributed by atoms with Gasteiger partial charge in [0.2, 0.25) is 0 Å². The molecule has 0 bridgehead atoms. The Bertz CT molecular complexity index is 1050. The summed E-state index contributed by atoms with van der Waals surface area (Å²) in [6.45, 7) is 3.88. The molecule has 0 aliphatic carbocycles. The monoisotopic (exact) mass is 380 g/mol. The molecular formula is C22H18F2N2O2. The van der Waals surface area contributed by atoms with Crippen LogP contribution < -0.4 is 10.6 Å². The van der Waals surface area contributed by atoms with Gasteiger partial charge in [0.15, 0.2) is 0 Å². The predicted octanol–water partition coefficient (Wildman–Crippen LogP) is 5.09. The second-order valence-corrected chi connectivity index (χ2v) is 6.36. The minimum Gasteiger partial charge on any atom is -0.322 e. The number of anilines is 2. The third kappa shape index (κ3) is 4.23. The Kier molecular flexibility index (Phi) is 5.49. The summed E-state index contributed by atoms with van der Waals surface area (Å²) >= 11 is 0. The van der Waals surface area contributed by atoms with Gasteiger partial charge in [-0.3, -0.25) is 9.59 Å². The molecule has 0 aliphatic rings. The molecule has 0 unspecified atom stereocenters. The maximum absolute atomic E-state index is 13.7. The Morgan fingerprint density at radius 1 is 0.750 bits per heavy atom. The summed E-state index contributed by atoms with van der Waals surface area (Å²) in [4.78, 5) is 24.7. The first-order valence-electron chi connectivity index (χ1n) is 8.59. The molecule has 0 fully saturated rings. The lowest BCUT2D eigenvalue weighted by Crippen LogP contribution is -2.15. The molecule has 0 radical (unpaired) electrons. The second-order valence-electron chi connectivity index (χ2n) is 6.36. The van der Waals surface area contributed by atoms with E-state index < -0.39 is 17.5 Å². The third-order valence-electron chi connectivity index (χ3n) is 4.44. The summed E-state index contributed by atoms with van der Waals surface area (Å²) in [7, 11) is 0. The molecule has 0 heterocycles. The molecule has 0 spiro atoms. The summed E-state index contributed by atoms with van der Waals surface area (Å²) in [6.07, 6.45) is 0. The summed E-state index contributed by atoms with van der Waals surface area (Å²) in [6, 6.07) is 14.5. The molecule has 0 aliphatic heterocycles. The average molecular weight is 380 g/mol. The van der Waals surface area contributed by atoms with Crippen LogP contribution in [0.5, 0.6) is 0 Å². The molecule has 142 valence electrons. The SMILES string of the molecule is Cc1cccc(NC(=O)c2ccc(C(=O)Nc3ccc(F)cc3F)cc2)c1C. The van der Waals surface area contributed by atoms with Crippen LogP contribution in [-0.4, -0.2) is 11.8 Å². The van der Waals surface area contributed by atoms with E-state index in [0.717, 1.165) is 28.9 Å². The minimum absolute atomic E-state index is 0.122. The molecule has 2 amide bonds. The largest absolute Gasteiger partial charge is 0.322 e. The van der Waals surface area contributed by atoms with Crippen LogP contribution in [0.1, 0.15) is 31.8 Å². The van der Waals surface area contributed by atoms with Crippen molar-refractivity contribution in [3.05, 3.63) is 94.6 Å². The molecule has 0 saturated carbocycles.